The third-order valence-corrected chi connectivity index (χ3v) is 7.04. The number of hydrogen-bond donors (Lipinski definition) is 1. The van der Waals surface area contributed by atoms with Crippen LogP contribution in [0.1, 0.15) is 19.8 Å². The van der Waals surface area contributed by atoms with Gasteiger partial charge in [0.15, 0.2) is 0 Å². The van der Waals surface area contributed by atoms with E-state index in [0.29, 0.717) is 27.6 Å². The summed E-state index contributed by atoms with van der Waals surface area (Å²) >= 11 is 6.91. The van der Waals surface area contributed by atoms with E-state index >= 15 is 0 Å². The molecule has 0 radical (unpaired) electrons. The van der Waals surface area contributed by atoms with E-state index < -0.39 is 10.0 Å². The van der Waals surface area contributed by atoms with Gasteiger partial charge in [-0.15, -0.1) is 11.3 Å². The van der Waals surface area contributed by atoms with Crippen LogP contribution in [0.3, 0.4) is 0 Å². The van der Waals surface area contributed by atoms with Gasteiger partial charge in [-0.2, -0.15) is 4.31 Å². The Morgan fingerprint density at radius 1 is 1.56 bits per heavy atom. The molecule has 1 saturated heterocycles. The van der Waals surface area contributed by atoms with E-state index in [9.17, 15) is 8.42 Å². The fourth-order valence-corrected chi connectivity index (χ4v) is 5.79. The Hall–Kier alpha value is -0.140. The second kappa shape index (κ2) is 5.46. The van der Waals surface area contributed by atoms with Crippen LogP contribution in [-0.4, -0.2) is 31.9 Å². The maximum Gasteiger partial charge on any atom is 0.252 e. The molecule has 4 nitrogen and oxygen atoms in total. The summed E-state index contributed by atoms with van der Waals surface area (Å²) in [5.41, 5.74) is 5.74. The largest absolute Gasteiger partial charge is 0.329 e. The molecule has 0 spiro atoms. The van der Waals surface area contributed by atoms with E-state index in [2.05, 4.69) is 6.92 Å². The Kier molecular flexibility index (Phi) is 4.33. The molecular formula is C11H17ClN2O2S2. The van der Waals surface area contributed by atoms with E-state index in [1.807, 2.05) is 0 Å². The van der Waals surface area contributed by atoms with Crippen LogP contribution in [-0.2, 0) is 10.0 Å². The highest BCUT2D eigenvalue weighted by molar-refractivity contribution is 7.91. The van der Waals surface area contributed by atoms with Crippen LogP contribution in [0.15, 0.2) is 16.3 Å². The first kappa shape index (κ1) is 14.3. The van der Waals surface area contributed by atoms with Crippen molar-refractivity contribution in [2.45, 2.75) is 30.0 Å². The third-order valence-electron chi connectivity index (χ3n) is 3.42. The normalized spacial score (nSPS) is 26.4. The molecule has 1 aliphatic heterocycles. The molecule has 1 aromatic rings. The Bertz CT molecular complexity index is 515. The summed E-state index contributed by atoms with van der Waals surface area (Å²) in [5.74, 6) is 0.300. The zero-order chi connectivity index (χ0) is 13.3. The van der Waals surface area contributed by atoms with Crippen LogP contribution in [0, 0.1) is 5.92 Å². The van der Waals surface area contributed by atoms with Crippen molar-refractivity contribution in [1.29, 1.82) is 0 Å². The van der Waals surface area contributed by atoms with E-state index in [-0.39, 0.29) is 6.04 Å². The average molecular weight is 309 g/mol. The fraction of sp³-hybridized carbons (Fsp3) is 0.636. The molecule has 1 aliphatic rings. The van der Waals surface area contributed by atoms with Crippen LogP contribution in [0.4, 0.5) is 0 Å². The van der Waals surface area contributed by atoms with Gasteiger partial charge in [0.25, 0.3) is 10.0 Å². The van der Waals surface area contributed by atoms with Gasteiger partial charge in [-0.25, -0.2) is 8.42 Å². The first-order valence-corrected chi connectivity index (χ1v) is 8.57. The van der Waals surface area contributed by atoms with Crippen LogP contribution in [0.2, 0.25) is 4.34 Å². The summed E-state index contributed by atoms with van der Waals surface area (Å²) in [4.78, 5) is 0. The van der Waals surface area contributed by atoms with Gasteiger partial charge in [0.1, 0.15) is 4.21 Å². The SMILES string of the molecule is C[C@@H]1CCCN(S(=O)(=O)c2ccc(Cl)s2)[C@H]1CN. The number of hydrogen-bond acceptors (Lipinski definition) is 4. The molecule has 1 fully saturated rings. The molecule has 0 bridgehead atoms. The van der Waals surface area contributed by atoms with Gasteiger partial charge in [0.05, 0.1) is 4.34 Å². The summed E-state index contributed by atoms with van der Waals surface area (Å²) in [6.07, 6.45) is 1.91. The van der Waals surface area contributed by atoms with Crippen molar-refractivity contribution >= 4 is 33.0 Å². The Balaban J connectivity index is 2.34. The number of halogens is 1. The van der Waals surface area contributed by atoms with Crippen molar-refractivity contribution in [2.24, 2.45) is 11.7 Å². The molecule has 2 rings (SSSR count). The van der Waals surface area contributed by atoms with Crippen LogP contribution >= 0.6 is 22.9 Å². The number of rotatable bonds is 3. The number of thiophene rings is 1. The molecule has 7 heteroatoms. The van der Waals surface area contributed by atoms with Crippen LogP contribution in [0.25, 0.3) is 0 Å². The standard InChI is InChI=1S/C11H17ClN2O2S2/c1-8-3-2-6-14(9(8)7-13)18(15,16)11-5-4-10(12)17-11/h4-5,8-9H,2-3,6-7,13H2,1H3/t8-,9+/m1/s1. The lowest BCUT2D eigenvalue weighted by atomic mass is 9.93. The van der Waals surface area contributed by atoms with E-state index in [1.165, 1.54) is 0 Å². The molecule has 1 aromatic heterocycles. The number of nitrogens with zero attached hydrogens (tertiary/aromatic N) is 1. The predicted octanol–water partition coefficient (Wildman–Crippen LogP) is 2.15. The maximum absolute atomic E-state index is 12.5. The second-order valence-electron chi connectivity index (χ2n) is 4.60. The molecular weight excluding hydrogens is 292 g/mol. The quantitative estimate of drug-likeness (QED) is 0.930. The fourth-order valence-electron chi connectivity index (χ4n) is 2.41. The Morgan fingerprint density at radius 3 is 2.83 bits per heavy atom. The first-order chi connectivity index (χ1) is 8.46. The van der Waals surface area contributed by atoms with Gasteiger partial charge in [-0.3, -0.25) is 0 Å². The lowest BCUT2D eigenvalue weighted by molar-refractivity contribution is 0.193. The molecule has 0 saturated carbocycles. The summed E-state index contributed by atoms with van der Waals surface area (Å²) in [7, 11) is -3.45. The first-order valence-electron chi connectivity index (χ1n) is 5.94. The minimum atomic E-state index is -3.45. The molecule has 0 aromatic carbocycles. The number of piperidine rings is 1. The van der Waals surface area contributed by atoms with Crippen LogP contribution in [0.5, 0.6) is 0 Å². The zero-order valence-corrected chi connectivity index (χ0v) is 12.6. The third kappa shape index (κ3) is 2.58. The van der Waals surface area contributed by atoms with Gasteiger partial charge < -0.3 is 5.73 Å². The van der Waals surface area contributed by atoms with Gasteiger partial charge >= 0.3 is 0 Å². The summed E-state index contributed by atoms with van der Waals surface area (Å²) in [6, 6.07) is 3.07. The predicted molar refractivity (Wildman–Crippen MR) is 74.5 cm³/mol. The lowest BCUT2D eigenvalue weighted by Gasteiger charge is -2.37. The summed E-state index contributed by atoms with van der Waals surface area (Å²) in [5, 5.41) is 0. The van der Waals surface area contributed by atoms with E-state index in [1.54, 1.807) is 16.4 Å². The van der Waals surface area contributed by atoms with Crippen molar-refractivity contribution in [3.05, 3.63) is 16.5 Å². The summed E-state index contributed by atoms with van der Waals surface area (Å²) in [6.45, 7) is 2.96. The number of sulfonamides is 1. The Morgan fingerprint density at radius 2 is 2.28 bits per heavy atom. The van der Waals surface area contributed by atoms with Crippen molar-refractivity contribution in [3.8, 4) is 0 Å². The van der Waals surface area contributed by atoms with E-state index in [4.69, 9.17) is 17.3 Å². The molecule has 2 heterocycles. The van der Waals surface area contributed by atoms with Gasteiger partial charge in [0, 0.05) is 19.1 Å². The summed E-state index contributed by atoms with van der Waals surface area (Å²) < 4.78 is 27.4. The van der Waals surface area contributed by atoms with E-state index in [0.717, 1.165) is 24.2 Å². The zero-order valence-electron chi connectivity index (χ0n) is 10.2. The van der Waals surface area contributed by atoms with Crippen molar-refractivity contribution < 1.29 is 8.42 Å². The van der Waals surface area contributed by atoms with Crippen molar-refractivity contribution in [2.75, 3.05) is 13.1 Å². The molecule has 0 aliphatic carbocycles. The molecule has 102 valence electrons. The maximum atomic E-state index is 12.5. The molecule has 2 atom stereocenters. The number of nitrogens with two attached hydrogens (primary N) is 1. The molecule has 0 unspecified atom stereocenters. The minimum absolute atomic E-state index is 0.107. The van der Waals surface area contributed by atoms with Gasteiger partial charge in [-0.05, 0) is 30.9 Å². The highest BCUT2D eigenvalue weighted by atomic mass is 35.5. The molecule has 18 heavy (non-hydrogen) atoms. The van der Waals surface area contributed by atoms with Gasteiger partial charge in [0.2, 0.25) is 0 Å². The monoisotopic (exact) mass is 308 g/mol. The topological polar surface area (TPSA) is 63.4 Å². The second-order valence-corrected chi connectivity index (χ2v) is 8.43. The average Bonchev–Trinajstić information content (AvgIpc) is 2.76. The molecule has 2 N–H and O–H groups in total. The smallest absolute Gasteiger partial charge is 0.252 e. The van der Waals surface area contributed by atoms with Crippen molar-refractivity contribution in [3.63, 3.8) is 0 Å². The highest BCUT2D eigenvalue weighted by Gasteiger charge is 2.37. The van der Waals surface area contributed by atoms with Crippen molar-refractivity contribution in [1.82, 2.24) is 4.31 Å². The highest BCUT2D eigenvalue weighted by Crippen LogP contribution is 2.33. The molecule has 0 amide bonds. The Labute approximate surface area is 117 Å². The minimum Gasteiger partial charge on any atom is -0.329 e. The van der Waals surface area contributed by atoms with Crippen LogP contribution < -0.4 is 5.73 Å². The lowest BCUT2D eigenvalue weighted by Crippen LogP contribution is -2.51. The van der Waals surface area contributed by atoms with Gasteiger partial charge in [-0.1, -0.05) is 18.5 Å².